The van der Waals surface area contributed by atoms with Gasteiger partial charge >= 0.3 is 0 Å². The lowest BCUT2D eigenvalue weighted by Gasteiger charge is -2.17. The molecule has 0 bridgehead atoms. The van der Waals surface area contributed by atoms with Crippen molar-refractivity contribution in [2.45, 2.75) is 18.8 Å². The molecule has 1 heterocycles. The minimum atomic E-state index is 0.0691. The van der Waals surface area contributed by atoms with Crippen LogP contribution < -0.4 is 0 Å². The van der Waals surface area contributed by atoms with E-state index in [9.17, 15) is 5.11 Å². The smallest absolute Gasteiger partial charge is 0.121 e. The van der Waals surface area contributed by atoms with Gasteiger partial charge in [0, 0.05) is 44.4 Å². The number of ether oxygens (including phenoxy) is 2. The molecule has 4 nitrogen and oxygen atoms in total. The van der Waals surface area contributed by atoms with Crippen molar-refractivity contribution in [3.63, 3.8) is 0 Å². The van der Waals surface area contributed by atoms with E-state index in [1.807, 2.05) is 0 Å². The second-order valence-corrected chi connectivity index (χ2v) is 4.89. The van der Waals surface area contributed by atoms with Gasteiger partial charge in [-0.05, 0) is 12.1 Å². The minimum absolute atomic E-state index is 0.0691. The van der Waals surface area contributed by atoms with Gasteiger partial charge in [0.15, 0.2) is 0 Å². The number of hydrogen-bond acceptors (Lipinski definition) is 4. The first kappa shape index (κ1) is 13.6. The number of halogens is 1. The van der Waals surface area contributed by atoms with Gasteiger partial charge in [0.05, 0.1) is 12.2 Å². The first-order valence-corrected chi connectivity index (χ1v) is 6.27. The summed E-state index contributed by atoms with van der Waals surface area (Å²) in [6.45, 7) is 2.16. The van der Waals surface area contributed by atoms with E-state index in [0.29, 0.717) is 11.6 Å². The van der Waals surface area contributed by atoms with Crippen LogP contribution in [-0.2, 0) is 16.0 Å². The normalized spacial score (nSPS) is 24.6. The summed E-state index contributed by atoms with van der Waals surface area (Å²) in [5.74, 6) is 0.234. The molecule has 0 radical (unpaired) electrons. The molecule has 0 aliphatic carbocycles. The summed E-state index contributed by atoms with van der Waals surface area (Å²) in [5.41, 5.74) is 0.755. The van der Waals surface area contributed by atoms with E-state index in [0.717, 1.165) is 18.7 Å². The Hall–Kier alpha value is -0.810. The van der Waals surface area contributed by atoms with Crippen molar-refractivity contribution in [2.75, 3.05) is 27.3 Å². The van der Waals surface area contributed by atoms with Crippen molar-refractivity contribution in [3.05, 3.63) is 28.8 Å². The molecule has 0 saturated carbocycles. The molecule has 0 amide bonds. The summed E-state index contributed by atoms with van der Waals surface area (Å²) in [6, 6.07) is 5.17. The quantitative estimate of drug-likeness (QED) is 0.908. The van der Waals surface area contributed by atoms with Gasteiger partial charge in [0.25, 0.3) is 0 Å². The molecule has 1 aromatic rings. The van der Waals surface area contributed by atoms with Crippen molar-refractivity contribution in [1.82, 2.24) is 4.90 Å². The zero-order valence-electron chi connectivity index (χ0n) is 10.6. The lowest BCUT2D eigenvalue weighted by molar-refractivity contribution is -0.00461. The van der Waals surface area contributed by atoms with Crippen LogP contribution in [0.25, 0.3) is 0 Å². The maximum absolute atomic E-state index is 9.82. The summed E-state index contributed by atoms with van der Waals surface area (Å²) >= 11 is 6.10. The molecule has 2 atom stereocenters. The third kappa shape index (κ3) is 2.78. The Kier molecular flexibility index (Phi) is 4.45. The van der Waals surface area contributed by atoms with Crippen molar-refractivity contribution >= 4 is 11.6 Å². The highest BCUT2D eigenvalue weighted by Gasteiger charge is 2.33. The van der Waals surface area contributed by atoms with Gasteiger partial charge < -0.3 is 14.6 Å². The molecule has 1 N–H and O–H groups in total. The molecule has 1 aliphatic heterocycles. The predicted octanol–water partition coefficient (Wildman–Crippen LogP) is 1.89. The van der Waals surface area contributed by atoms with Gasteiger partial charge in [-0.1, -0.05) is 17.7 Å². The summed E-state index contributed by atoms with van der Waals surface area (Å²) in [7, 11) is 3.38. The van der Waals surface area contributed by atoms with E-state index < -0.39 is 0 Å². The average Bonchev–Trinajstić information content (AvgIpc) is 2.76. The van der Waals surface area contributed by atoms with E-state index in [1.54, 1.807) is 32.4 Å². The maximum Gasteiger partial charge on any atom is 0.121 e. The first-order valence-electron chi connectivity index (χ1n) is 5.90. The van der Waals surface area contributed by atoms with Gasteiger partial charge in [0.2, 0.25) is 0 Å². The highest BCUT2D eigenvalue weighted by Crippen LogP contribution is 2.28. The van der Waals surface area contributed by atoms with Crippen molar-refractivity contribution < 1.29 is 14.6 Å². The van der Waals surface area contributed by atoms with Crippen molar-refractivity contribution in [3.8, 4) is 5.75 Å². The Morgan fingerprint density at radius 2 is 1.89 bits per heavy atom. The molecule has 1 aromatic carbocycles. The number of phenols is 1. The number of benzene rings is 1. The molecular formula is C13H18ClNO3. The number of nitrogens with zero attached hydrogens (tertiary/aromatic N) is 1. The van der Waals surface area contributed by atoms with Crippen LogP contribution in [0.5, 0.6) is 5.75 Å². The van der Waals surface area contributed by atoms with Crippen LogP contribution in [0, 0.1) is 0 Å². The Morgan fingerprint density at radius 3 is 2.39 bits per heavy atom. The second-order valence-electron chi connectivity index (χ2n) is 4.48. The highest BCUT2D eigenvalue weighted by molar-refractivity contribution is 6.31. The largest absolute Gasteiger partial charge is 0.508 e. The van der Waals surface area contributed by atoms with Crippen LogP contribution in [0.2, 0.25) is 5.02 Å². The van der Waals surface area contributed by atoms with Gasteiger partial charge in [-0.2, -0.15) is 0 Å². The Morgan fingerprint density at radius 1 is 1.28 bits per heavy atom. The van der Waals surface area contributed by atoms with Gasteiger partial charge in [-0.3, -0.25) is 4.90 Å². The Bertz CT molecular complexity index is 381. The lowest BCUT2D eigenvalue weighted by atomic mass is 10.2. The molecule has 100 valence electrons. The number of likely N-dealkylation sites (tertiary alicyclic amines) is 1. The Balaban J connectivity index is 2.07. The van der Waals surface area contributed by atoms with Crippen molar-refractivity contribution in [2.24, 2.45) is 0 Å². The Labute approximate surface area is 112 Å². The third-order valence-electron chi connectivity index (χ3n) is 3.37. The van der Waals surface area contributed by atoms with E-state index in [-0.39, 0.29) is 18.0 Å². The number of aromatic hydroxyl groups is 1. The van der Waals surface area contributed by atoms with E-state index in [4.69, 9.17) is 21.1 Å². The standard InChI is InChI=1S/C13H18ClNO3/c1-17-12-7-15(8-13(12)18-2)6-9-10(14)4-3-5-11(9)16/h3-5,12-13,16H,6-8H2,1-2H3. The fourth-order valence-electron chi connectivity index (χ4n) is 2.33. The topological polar surface area (TPSA) is 41.9 Å². The summed E-state index contributed by atoms with van der Waals surface area (Å²) in [6.07, 6.45) is 0.138. The SMILES string of the molecule is COC1CN(Cc2c(O)cccc2Cl)CC1OC. The molecule has 5 heteroatoms. The molecule has 1 aliphatic rings. The summed E-state index contributed by atoms with van der Waals surface area (Å²) < 4.78 is 10.8. The molecule has 18 heavy (non-hydrogen) atoms. The van der Waals surface area contributed by atoms with Crippen LogP contribution in [0.3, 0.4) is 0 Å². The first-order chi connectivity index (χ1) is 8.65. The van der Waals surface area contributed by atoms with Gasteiger partial charge in [-0.25, -0.2) is 0 Å². The van der Waals surface area contributed by atoms with Crippen LogP contribution in [0.4, 0.5) is 0 Å². The summed E-state index contributed by atoms with van der Waals surface area (Å²) in [5, 5.41) is 10.4. The average molecular weight is 272 g/mol. The molecule has 0 aromatic heterocycles. The van der Waals surface area contributed by atoms with E-state index in [2.05, 4.69) is 4.90 Å². The van der Waals surface area contributed by atoms with Crippen molar-refractivity contribution in [1.29, 1.82) is 0 Å². The fraction of sp³-hybridized carbons (Fsp3) is 0.538. The second kappa shape index (κ2) is 5.89. The zero-order chi connectivity index (χ0) is 13.1. The van der Waals surface area contributed by atoms with Gasteiger partial charge in [-0.15, -0.1) is 0 Å². The zero-order valence-corrected chi connectivity index (χ0v) is 11.4. The number of hydrogen-bond donors (Lipinski definition) is 1. The number of rotatable bonds is 4. The number of methoxy groups -OCH3 is 2. The molecule has 2 rings (SSSR count). The molecule has 2 unspecified atom stereocenters. The monoisotopic (exact) mass is 271 g/mol. The van der Waals surface area contributed by atoms with Crippen LogP contribution in [-0.4, -0.2) is 49.5 Å². The molecular weight excluding hydrogens is 254 g/mol. The summed E-state index contributed by atoms with van der Waals surface area (Å²) in [4.78, 5) is 2.17. The van der Waals surface area contributed by atoms with Gasteiger partial charge in [0.1, 0.15) is 5.75 Å². The predicted molar refractivity (Wildman–Crippen MR) is 70.0 cm³/mol. The number of phenolic OH excluding ortho intramolecular Hbond substituents is 1. The highest BCUT2D eigenvalue weighted by atomic mass is 35.5. The van der Waals surface area contributed by atoms with E-state index in [1.165, 1.54) is 0 Å². The van der Waals surface area contributed by atoms with E-state index >= 15 is 0 Å². The van der Waals surface area contributed by atoms with Crippen LogP contribution >= 0.6 is 11.6 Å². The third-order valence-corrected chi connectivity index (χ3v) is 3.73. The minimum Gasteiger partial charge on any atom is -0.508 e. The lowest BCUT2D eigenvalue weighted by Crippen LogP contribution is -2.27. The fourth-order valence-corrected chi connectivity index (χ4v) is 2.56. The molecule has 1 saturated heterocycles. The van der Waals surface area contributed by atoms with Crippen LogP contribution in [0.1, 0.15) is 5.56 Å². The maximum atomic E-state index is 9.82. The van der Waals surface area contributed by atoms with Crippen LogP contribution in [0.15, 0.2) is 18.2 Å². The molecule has 0 spiro atoms. The molecule has 1 fully saturated rings.